The Hall–Kier alpha value is -4.46. The summed E-state index contributed by atoms with van der Waals surface area (Å²) in [5, 5.41) is 22.3. The third-order valence-electron chi connectivity index (χ3n) is 4.54. The van der Waals surface area contributed by atoms with E-state index in [0.717, 1.165) is 0 Å². The van der Waals surface area contributed by atoms with Gasteiger partial charge in [0.2, 0.25) is 5.95 Å². The summed E-state index contributed by atoms with van der Waals surface area (Å²) in [6, 6.07) is 19.8. The van der Waals surface area contributed by atoms with Gasteiger partial charge >= 0.3 is 5.97 Å². The van der Waals surface area contributed by atoms with E-state index in [4.69, 9.17) is 4.74 Å². The predicted octanol–water partition coefficient (Wildman–Crippen LogP) is 4.54. The van der Waals surface area contributed by atoms with Gasteiger partial charge in [-0.05, 0) is 79.7 Å². The Labute approximate surface area is 184 Å². The molecule has 3 aromatic carbocycles. The molecule has 32 heavy (non-hydrogen) atoms. The minimum absolute atomic E-state index is 0.140. The van der Waals surface area contributed by atoms with E-state index in [2.05, 4.69) is 20.3 Å². The van der Waals surface area contributed by atoms with Crippen molar-refractivity contribution in [3.63, 3.8) is 0 Å². The summed E-state index contributed by atoms with van der Waals surface area (Å²) in [6.07, 6.45) is 0. The number of carbonyl (C=O) groups excluding carboxylic acids is 1. The quantitative estimate of drug-likeness (QED) is 0.383. The van der Waals surface area contributed by atoms with Gasteiger partial charge in [0.15, 0.2) is 11.6 Å². The van der Waals surface area contributed by atoms with E-state index in [1.807, 2.05) is 0 Å². The molecule has 4 aromatic rings. The van der Waals surface area contributed by atoms with Gasteiger partial charge in [0, 0.05) is 16.8 Å². The summed E-state index contributed by atoms with van der Waals surface area (Å²) in [5.41, 5.74) is 2.53. The van der Waals surface area contributed by atoms with Gasteiger partial charge < -0.3 is 20.3 Å². The molecule has 3 N–H and O–H groups in total. The van der Waals surface area contributed by atoms with Crippen molar-refractivity contribution in [3.05, 3.63) is 78.4 Å². The van der Waals surface area contributed by atoms with Gasteiger partial charge in [-0.25, -0.2) is 9.78 Å². The molecular weight excluding hydrogens is 408 g/mol. The van der Waals surface area contributed by atoms with Crippen LogP contribution < -0.4 is 5.32 Å². The van der Waals surface area contributed by atoms with Crippen molar-refractivity contribution < 1.29 is 19.7 Å². The standard InChI is InChI=1S/C24H20N4O4/c1-2-32-23(31)17-3-9-18(10-4-17)25-24-27-21(15-5-11-19(29)12-6-15)26-22(28-24)16-7-13-20(30)14-8-16/h3-14,29-30H,2H2,1H3,(H,25,26,27,28). The fourth-order valence-electron chi connectivity index (χ4n) is 2.94. The molecule has 0 amide bonds. The SMILES string of the molecule is CCOC(=O)c1ccc(Nc2nc(-c3ccc(O)cc3)nc(-c3ccc(O)cc3)n2)cc1. The fraction of sp³-hybridized carbons (Fsp3) is 0.0833. The topological polar surface area (TPSA) is 117 Å². The fourth-order valence-corrected chi connectivity index (χ4v) is 2.94. The first-order valence-electron chi connectivity index (χ1n) is 9.91. The van der Waals surface area contributed by atoms with Crippen molar-refractivity contribution in [1.82, 2.24) is 15.0 Å². The summed E-state index contributed by atoms with van der Waals surface area (Å²) in [5.74, 6) is 1.02. The number of ether oxygens (including phenoxy) is 1. The second kappa shape index (κ2) is 9.13. The van der Waals surface area contributed by atoms with Crippen molar-refractivity contribution in [2.24, 2.45) is 0 Å². The number of rotatable bonds is 6. The average Bonchev–Trinajstić information content (AvgIpc) is 2.80. The minimum atomic E-state index is -0.386. The Morgan fingerprint density at radius 2 is 1.28 bits per heavy atom. The third kappa shape index (κ3) is 4.81. The molecule has 0 radical (unpaired) electrons. The average molecular weight is 428 g/mol. The first-order chi connectivity index (χ1) is 15.5. The smallest absolute Gasteiger partial charge is 0.338 e. The molecule has 8 heteroatoms. The predicted molar refractivity (Wildman–Crippen MR) is 120 cm³/mol. The zero-order chi connectivity index (χ0) is 22.5. The number of carbonyl (C=O) groups is 1. The number of benzene rings is 3. The molecule has 0 aliphatic heterocycles. The molecule has 0 aliphatic carbocycles. The summed E-state index contributed by atoms with van der Waals surface area (Å²) < 4.78 is 5.00. The number of aromatic hydroxyl groups is 2. The van der Waals surface area contributed by atoms with Gasteiger partial charge in [0.1, 0.15) is 11.5 Å². The highest BCUT2D eigenvalue weighted by atomic mass is 16.5. The lowest BCUT2D eigenvalue weighted by atomic mass is 10.2. The van der Waals surface area contributed by atoms with Gasteiger partial charge in [0.25, 0.3) is 0 Å². The van der Waals surface area contributed by atoms with Gasteiger partial charge in [-0.2, -0.15) is 9.97 Å². The molecule has 0 bridgehead atoms. The lowest BCUT2D eigenvalue weighted by Crippen LogP contribution is -2.05. The van der Waals surface area contributed by atoms with Crippen LogP contribution in [0.15, 0.2) is 72.8 Å². The minimum Gasteiger partial charge on any atom is -0.508 e. The van der Waals surface area contributed by atoms with Gasteiger partial charge in [-0.3, -0.25) is 0 Å². The van der Waals surface area contributed by atoms with E-state index >= 15 is 0 Å². The summed E-state index contributed by atoms with van der Waals surface area (Å²) in [4.78, 5) is 25.4. The molecule has 0 spiro atoms. The van der Waals surface area contributed by atoms with Crippen molar-refractivity contribution in [2.45, 2.75) is 6.92 Å². The zero-order valence-corrected chi connectivity index (χ0v) is 17.2. The number of hydrogen-bond acceptors (Lipinski definition) is 8. The molecular formula is C24H20N4O4. The number of nitrogens with zero attached hydrogens (tertiary/aromatic N) is 3. The molecule has 4 rings (SSSR count). The highest BCUT2D eigenvalue weighted by Crippen LogP contribution is 2.25. The number of aromatic nitrogens is 3. The number of phenolic OH excluding ortho intramolecular Hbond substituents is 2. The maximum Gasteiger partial charge on any atom is 0.338 e. The van der Waals surface area contributed by atoms with Crippen LogP contribution in [0.25, 0.3) is 22.8 Å². The van der Waals surface area contributed by atoms with E-state index in [1.165, 1.54) is 0 Å². The van der Waals surface area contributed by atoms with E-state index in [0.29, 0.717) is 46.6 Å². The normalized spacial score (nSPS) is 10.5. The molecule has 0 unspecified atom stereocenters. The number of hydrogen-bond donors (Lipinski definition) is 3. The molecule has 0 aliphatic rings. The zero-order valence-electron chi connectivity index (χ0n) is 17.2. The van der Waals surface area contributed by atoms with Gasteiger partial charge in [-0.1, -0.05) is 0 Å². The van der Waals surface area contributed by atoms with E-state index < -0.39 is 0 Å². The van der Waals surface area contributed by atoms with Crippen molar-refractivity contribution in [3.8, 4) is 34.3 Å². The van der Waals surface area contributed by atoms with Crippen LogP contribution in [0.2, 0.25) is 0 Å². The summed E-state index contributed by atoms with van der Waals surface area (Å²) in [6.45, 7) is 2.07. The maximum atomic E-state index is 11.9. The first kappa shape index (κ1) is 20.8. The number of anilines is 2. The number of nitrogens with one attached hydrogen (secondary N) is 1. The van der Waals surface area contributed by atoms with Crippen LogP contribution >= 0.6 is 0 Å². The van der Waals surface area contributed by atoms with Crippen LogP contribution in [0.1, 0.15) is 17.3 Å². The van der Waals surface area contributed by atoms with Crippen LogP contribution in [0.5, 0.6) is 11.5 Å². The molecule has 0 saturated carbocycles. The van der Waals surface area contributed by atoms with E-state index in [9.17, 15) is 15.0 Å². The van der Waals surface area contributed by atoms with Crippen LogP contribution in [0.3, 0.4) is 0 Å². The third-order valence-corrected chi connectivity index (χ3v) is 4.54. The lowest BCUT2D eigenvalue weighted by Gasteiger charge is -2.10. The van der Waals surface area contributed by atoms with Crippen LogP contribution in [-0.4, -0.2) is 37.7 Å². The Kier molecular flexibility index (Phi) is 5.94. The van der Waals surface area contributed by atoms with Gasteiger partial charge in [-0.15, -0.1) is 0 Å². The van der Waals surface area contributed by atoms with Crippen LogP contribution in [0.4, 0.5) is 11.6 Å². The van der Waals surface area contributed by atoms with E-state index in [1.54, 1.807) is 79.7 Å². The molecule has 8 nitrogen and oxygen atoms in total. The number of phenols is 2. The number of esters is 1. The van der Waals surface area contributed by atoms with Crippen molar-refractivity contribution >= 4 is 17.6 Å². The lowest BCUT2D eigenvalue weighted by molar-refractivity contribution is 0.0526. The Bertz CT molecular complexity index is 1160. The second-order valence-corrected chi connectivity index (χ2v) is 6.82. The Balaban J connectivity index is 1.69. The van der Waals surface area contributed by atoms with Crippen LogP contribution in [0, 0.1) is 0 Å². The molecule has 160 valence electrons. The maximum absolute atomic E-state index is 11.9. The highest BCUT2D eigenvalue weighted by Gasteiger charge is 2.12. The van der Waals surface area contributed by atoms with Crippen molar-refractivity contribution in [2.75, 3.05) is 11.9 Å². The molecule has 0 saturated heterocycles. The van der Waals surface area contributed by atoms with Gasteiger partial charge in [0.05, 0.1) is 12.2 Å². The monoisotopic (exact) mass is 428 g/mol. The molecule has 1 aromatic heterocycles. The summed E-state index contributed by atoms with van der Waals surface area (Å²) in [7, 11) is 0. The second-order valence-electron chi connectivity index (χ2n) is 6.82. The molecule has 1 heterocycles. The Morgan fingerprint density at radius 1 is 0.781 bits per heavy atom. The first-order valence-corrected chi connectivity index (χ1v) is 9.91. The van der Waals surface area contributed by atoms with E-state index in [-0.39, 0.29) is 17.5 Å². The molecule has 0 atom stereocenters. The van der Waals surface area contributed by atoms with Crippen LogP contribution in [-0.2, 0) is 4.74 Å². The largest absolute Gasteiger partial charge is 0.508 e. The Morgan fingerprint density at radius 3 is 1.75 bits per heavy atom. The molecule has 0 fully saturated rings. The van der Waals surface area contributed by atoms with Crippen molar-refractivity contribution in [1.29, 1.82) is 0 Å². The summed E-state index contributed by atoms with van der Waals surface area (Å²) >= 11 is 0. The highest BCUT2D eigenvalue weighted by molar-refractivity contribution is 5.89.